The van der Waals surface area contributed by atoms with E-state index in [4.69, 9.17) is 0 Å². The van der Waals surface area contributed by atoms with Gasteiger partial charge in [-0.1, -0.05) is 37.1 Å². The van der Waals surface area contributed by atoms with Gasteiger partial charge in [0.25, 0.3) is 11.8 Å². The molecule has 6 nitrogen and oxygen atoms in total. The zero-order valence-electron chi connectivity index (χ0n) is 18.3. The third kappa shape index (κ3) is 6.17. The lowest BCUT2D eigenvalue weighted by Gasteiger charge is -2.32. The lowest BCUT2D eigenvalue weighted by molar-refractivity contribution is -0.126. The number of likely N-dealkylation sites (tertiary alicyclic amines) is 1. The molecule has 1 atom stereocenters. The predicted octanol–water partition coefficient (Wildman–Crippen LogP) is 4.02. The number of aryl methyl sites for hydroxylation is 1. The Balaban J connectivity index is 1.63. The summed E-state index contributed by atoms with van der Waals surface area (Å²) < 4.78 is 0. The number of anilines is 1. The molecule has 31 heavy (non-hydrogen) atoms. The minimum atomic E-state index is -0.216. The first-order valence-electron chi connectivity index (χ1n) is 11.0. The third-order valence-corrected chi connectivity index (χ3v) is 5.59. The van der Waals surface area contributed by atoms with Crippen LogP contribution in [0.1, 0.15) is 58.9 Å². The summed E-state index contributed by atoms with van der Waals surface area (Å²) in [5.74, 6) is -0.465. The van der Waals surface area contributed by atoms with E-state index in [9.17, 15) is 14.4 Å². The predicted molar refractivity (Wildman–Crippen MR) is 122 cm³/mol. The number of hydrogen-bond donors (Lipinski definition) is 2. The molecule has 1 saturated heterocycles. The van der Waals surface area contributed by atoms with Gasteiger partial charge in [0.2, 0.25) is 5.91 Å². The van der Waals surface area contributed by atoms with Crippen LogP contribution in [0.2, 0.25) is 0 Å². The maximum Gasteiger partial charge on any atom is 0.255 e. The number of unbranched alkanes of at least 4 members (excludes halogenated alkanes) is 1. The second-order valence-corrected chi connectivity index (χ2v) is 8.14. The average molecular weight is 422 g/mol. The summed E-state index contributed by atoms with van der Waals surface area (Å²) in [7, 11) is 0. The lowest BCUT2D eigenvalue weighted by Crippen LogP contribution is -2.45. The summed E-state index contributed by atoms with van der Waals surface area (Å²) in [5, 5.41) is 5.84. The first kappa shape index (κ1) is 22.5. The molecule has 0 radical (unpaired) electrons. The van der Waals surface area contributed by atoms with Crippen LogP contribution in [-0.2, 0) is 4.79 Å². The number of piperidine rings is 1. The van der Waals surface area contributed by atoms with E-state index in [2.05, 4.69) is 17.6 Å². The van der Waals surface area contributed by atoms with E-state index >= 15 is 0 Å². The molecule has 0 bridgehead atoms. The van der Waals surface area contributed by atoms with Crippen LogP contribution in [0.3, 0.4) is 0 Å². The average Bonchev–Trinajstić information content (AvgIpc) is 2.79. The van der Waals surface area contributed by atoms with Gasteiger partial charge in [-0.2, -0.15) is 0 Å². The van der Waals surface area contributed by atoms with Gasteiger partial charge in [-0.25, -0.2) is 0 Å². The summed E-state index contributed by atoms with van der Waals surface area (Å²) in [6.45, 7) is 5.80. The molecule has 2 aromatic rings. The molecule has 0 aliphatic carbocycles. The normalized spacial score (nSPS) is 15.9. The highest BCUT2D eigenvalue weighted by atomic mass is 16.2. The number of amides is 3. The highest BCUT2D eigenvalue weighted by Crippen LogP contribution is 2.21. The first-order chi connectivity index (χ1) is 15.0. The summed E-state index contributed by atoms with van der Waals surface area (Å²) in [6.07, 6.45) is 3.60. The van der Waals surface area contributed by atoms with Gasteiger partial charge in [0.1, 0.15) is 0 Å². The van der Waals surface area contributed by atoms with E-state index < -0.39 is 0 Å². The number of benzene rings is 2. The quantitative estimate of drug-likeness (QED) is 0.663. The van der Waals surface area contributed by atoms with Crippen LogP contribution >= 0.6 is 0 Å². The molecule has 2 aromatic carbocycles. The van der Waals surface area contributed by atoms with Crippen LogP contribution in [0.4, 0.5) is 5.69 Å². The van der Waals surface area contributed by atoms with E-state index in [1.165, 1.54) is 0 Å². The molecule has 1 aliphatic rings. The Kier molecular flexibility index (Phi) is 7.82. The molecule has 0 unspecified atom stereocenters. The molecule has 0 aromatic heterocycles. The van der Waals surface area contributed by atoms with Gasteiger partial charge >= 0.3 is 0 Å². The van der Waals surface area contributed by atoms with Gasteiger partial charge in [0, 0.05) is 36.4 Å². The molecule has 2 N–H and O–H groups in total. The van der Waals surface area contributed by atoms with Gasteiger partial charge in [0.05, 0.1) is 5.92 Å². The summed E-state index contributed by atoms with van der Waals surface area (Å²) in [4.78, 5) is 39.7. The SMILES string of the molecule is CCCCNC(=O)[C@H]1CCCN(C(=O)c2cccc(NC(=O)c3ccc(C)cc3)c2)C1. The standard InChI is InChI=1S/C25H31N3O3/c1-3-4-14-26-23(29)21-8-6-15-28(17-21)25(31)20-7-5-9-22(16-20)27-24(30)19-12-10-18(2)11-13-19/h5,7,9-13,16,21H,3-4,6,8,14-15,17H2,1-2H3,(H,26,29)(H,27,30)/t21-/m0/s1. The molecule has 1 aliphatic heterocycles. The molecule has 3 rings (SSSR count). The Morgan fingerprint density at radius 2 is 1.84 bits per heavy atom. The highest BCUT2D eigenvalue weighted by molar-refractivity contribution is 6.05. The number of carbonyl (C=O) groups excluding carboxylic acids is 3. The van der Waals surface area contributed by atoms with Crippen LogP contribution in [0.5, 0.6) is 0 Å². The molecule has 1 heterocycles. The van der Waals surface area contributed by atoms with Crippen molar-refractivity contribution in [2.75, 3.05) is 25.0 Å². The van der Waals surface area contributed by atoms with Crippen LogP contribution in [0.25, 0.3) is 0 Å². The molecular weight excluding hydrogens is 390 g/mol. The van der Waals surface area contributed by atoms with Crippen LogP contribution in [0, 0.1) is 12.8 Å². The van der Waals surface area contributed by atoms with Crippen molar-refractivity contribution in [1.29, 1.82) is 0 Å². The van der Waals surface area contributed by atoms with Gasteiger partial charge in [-0.15, -0.1) is 0 Å². The van der Waals surface area contributed by atoms with Gasteiger partial charge in [-0.05, 0) is 56.5 Å². The minimum Gasteiger partial charge on any atom is -0.356 e. The zero-order chi connectivity index (χ0) is 22.2. The number of rotatable bonds is 7. The first-order valence-corrected chi connectivity index (χ1v) is 11.0. The highest BCUT2D eigenvalue weighted by Gasteiger charge is 2.28. The molecule has 3 amide bonds. The van der Waals surface area contributed by atoms with Crippen molar-refractivity contribution in [3.63, 3.8) is 0 Å². The van der Waals surface area contributed by atoms with Crippen LogP contribution < -0.4 is 10.6 Å². The van der Waals surface area contributed by atoms with Crippen molar-refractivity contribution in [3.8, 4) is 0 Å². The smallest absolute Gasteiger partial charge is 0.255 e. The van der Waals surface area contributed by atoms with E-state index in [1.807, 2.05) is 19.1 Å². The van der Waals surface area contributed by atoms with Crippen molar-refractivity contribution in [2.45, 2.75) is 39.5 Å². The summed E-state index contributed by atoms with van der Waals surface area (Å²) in [5.41, 5.74) is 2.73. The second-order valence-electron chi connectivity index (χ2n) is 8.14. The Morgan fingerprint density at radius 1 is 1.06 bits per heavy atom. The van der Waals surface area contributed by atoms with Crippen LogP contribution in [-0.4, -0.2) is 42.3 Å². The maximum absolute atomic E-state index is 13.1. The molecule has 0 spiro atoms. The van der Waals surface area contributed by atoms with Gasteiger partial charge in [0.15, 0.2) is 0 Å². The third-order valence-electron chi connectivity index (χ3n) is 5.59. The number of nitrogens with zero attached hydrogens (tertiary/aromatic N) is 1. The van der Waals surface area contributed by atoms with E-state index in [0.29, 0.717) is 36.4 Å². The van der Waals surface area contributed by atoms with Crippen LogP contribution in [0.15, 0.2) is 48.5 Å². The van der Waals surface area contributed by atoms with Gasteiger partial charge < -0.3 is 15.5 Å². The molecule has 6 heteroatoms. The monoisotopic (exact) mass is 421 g/mol. The number of hydrogen-bond acceptors (Lipinski definition) is 3. The van der Waals surface area contributed by atoms with Crippen molar-refractivity contribution >= 4 is 23.4 Å². The molecular formula is C25H31N3O3. The van der Waals surface area contributed by atoms with Gasteiger partial charge in [-0.3, -0.25) is 14.4 Å². The maximum atomic E-state index is 13.1. The number of nitrogens with one attached hydrogen (secondary N) is 2. The minimum absolute atomic E-state index is 0.0325. The van der Waals surface area contributed by atoms with E-state index in [1.54, 1.807) is 41.3 Å². The molecule has 0 saturated carbocycles. The van der Waals surface area contributed by atoms with E-state index in [-0.39, 0.29) is 23.6 Å². The van der Waals surface area contributed by atoms with Crippen molar-refractivity contribution < 1.29 is 14.4 Å². The van der Waals surface area contributed by atoms with Crippen molar-refractivity contribution in [2.24, 2.45) is 5.92 Å². The van der Waals surface area contributed by atoms with Crippen molar-refractivity contribution in [1.82, 2.24) is 10.2 Å². The second kappa shape index (κ2) is 10.8. The van der Waals surface area contributed by atoms with E-state index in [0.717, 1.165) is 31.2 Å². The Bertz CT molecular complexity index is 924. The largest absolute Gasteiger partial charge is 0.356 e. The summed E-state index contributed by atoms with van der Waals surface area (Å²) >= 11 is 0. The summed E-state index contributed by atoms with van der Waals surface area (Å²) in [6, 6.07) is 14.3. The molecule has 164 valence electrons. The zero-order valence-corrected chi connectivity index (χ0v) is 18.3. The fourth-order valence-electron chi connectivity index (χ4n) is 3.73. The van der Waals surface area contributed by atoms with Crippen molar-refractivity contribution in [3.05, 3.63) is 65.2 Å². The Labute approximate surface area is 184 Å². The molecule has 1 fully saturated rings. The Morgan fingerprint density at radius 3 is 2.58 bits per heavy atom. The fourth-order valence-corrected chi connectivity index (χ4v) is 3.73. The topological polar surface area (TPSA) is 78.5 Å². The fraction of sp³-hybridized carbons (Fsp3) is 0.400. The Hall–Kier alpha value is -3.15. The lowest BCUT2D eigenvalue weighted by atomic mass is 9.96. The number of carbonyl (C=O) groups is 3.